The third-order valence-electron chi connectivity index (χ3n) is 4.11. The van der Waals surface area contributed by atoms with Gasteiger partial charge in [-0.2, -0.15) is 0 Å². The van der Waals surface area contributed by atoms with Crippen molar-refractivity contribution < 1.29 is 8.42 Å². The van der Waals surface area contributed by atoms with Crippen molar-refractivity contribution in [1.29, 1.82) is 0 Å². The SMILES string of the molecule is CCC(NS(=O)(=O)c1csc(CN)c1)C1CCCCC1. The van der Waals surface area contributed by atoms with Crippen LogP contribution in [0, 0.1) is 5.92 Å². The summed E-state index contributed by atoms with van der Waals surface area (Å²) in [4.78, 5) is 1.26. The van der Waals surface area contributed by atoms with Gasteiger partial charge in [-0.15, -0.1) is 11.3 Å². The summed E-state index contributed by atoms with van der Waals surface area (Å²) in [6.45, 7) is 2.45. The maximum absolute atomic E-state index is 12.4. The molecule has 0 aliphatic heterocycles. The zero-order valence-corrected chi connectivity index (χ0v) is 13.6. The molecule has 1 aliphatic carbocycles. The van der Waals surface area contributed by atoms with Gasteiger partial charge in [0.2, 0.25) is 10.0 Å². The highest BCUT2D eigenvalue weighted by Crippen LogP contribution is 2.29. The second kappa shape index (κ2) is 7.02. The molecule has 0 spiro atoms. The van der Waals surface area contributed by atoms with E-state index in [1.165, 1.54) is 30.6 Å². The van der Waals surface area contributed by atoms with Crippen molar-refractivity contribution in [3.63, 3.8) is 0 Å². The molecule has 4 nitrogen and oxygen atoms in total. The van der Waals surface area contributed by atoms with Crippen LogP contribution in [0.2, 0.25) is 0 Å². The number of nitrogens with one attached hydrogen (secondary N) is 1. The van der Waals surface area contributed by atoms with Crippen molar-refractivity contribution in [3.8, 4) is 0 Å². The Kier molecular flexibility index (Phi) is 5.60. The van der Waals surface area contributed by atoms with E-state index in [-0.39, 0.29) is 6.04 Å². The summed E-state index contributed by atoms with van der Waals surface area (Å²) in [5.41, 5.74) is 5.55. The maximum atomic E-state index is 12.4. The van der Waals surface area contributed by atoms with Crippen LogP contribution in [0.15, 0.2) is 16.3 Å². The van der Waals surface area contributed by atoms with Crippen LogP contribution in [0.25, 0.3) is 0 Å². The quantitative estimate of drug-likeness (QED) is 0.847. The van der Waals surface area contributed by atoms with Gasteiger partial charge in [0.15, 0.2) is 0 Å². The van der Waals surface area contributed by atoms with Crippen molar-refractivity contribution in [3.05, 3.63) is 16.3 Å². The predicted octanol–water partition coefficient (Wildman–Crippen LogP) is 2.84. The lowest BCUT2D eigenvalue weighted by atomic mass is 9.83. The summed E-state index contributed by atoms with van der Waals surface area (Å²) in [7, 11) is -3.41. The Bertz CT molecular complexity index is 519. The number of rotatable bonds is 6. The molecule has 1 unspecified atom stereocenters. The Hall–Kier alpha value is -0.430. The van der Waals surface area contributed by atoms with E-state index >= 15 is 0 Å². The molecular weight excluding hydrogens is 292 g/mol. The first-order chi connectivity index (χ1) is 9.56. The van der Waals surface area contributed by atoms with Gasteiger partial charge < -0.3 is 5.73 Å². The summed E-state index contributed by atoms with van der Waals surface area (Å²) < 4.78 is 27.8. The summed E-state index contributed by atoms with van der Waals surface area (Å²) in [5, 5.41) is 1.68. The smallest absolute Gasteiger partial charge is 0.241 e. The largest absolute Gasteiger partial charge is 0.326 e. The average molecular weight is 316 g/mol. The van der Waals surface area contributed by atoms with Crippen molar-refractivity contribution in [2.45, 2.75) is 62.9 Å². The lowest BCUT2D eigenvalue weighted by Crippen LogP contribution is -2.40. The van der Waals surface area contributed by atoms with Crippen molar-refractivity contribution in [1.82, 2.24) is 4.72 Å². The van der Waals surface area contributed by atoms with Gasteiger partial charge in [-0.3, -0.25) is 0 Å². The topological polar surface area (TPSA) is 72.2 Å². The van der Waals surface area contributed by atoms with Crippen LogP contribution >= 0.6 is 11.3 Å². The highest BCUT2D eigenvalue weighted by molar-refractivity contribution is 7.89. The minimum Gasteiger partial charge on any atom is -0.326 e. The normalized spacial score (nSPS) is 19.1. The zero-order chi connectivity index (χ0) is 14.6. The van der Waals surface area contributed by atoms with Crippen LogP contribution in [0.5, 0.6) is 0 Å². The van der Waals surface area contributed by atoms with Crippen molar-refractivity contribution in [2.75, 3.05) is 0 Å². The van der Waals surface area contributed by atoms with Crippen molar-refractivity contribution in [2.24, 2.45) is 11.7 Å². The molecule has 0 bridgehead atoms. The highest BCUT2D eigenvalue weighted by Gasteiger charge is 2.27. The summed E-state index contributed by atoms with van der Waals surface area (Å²) in [6.07, 6.45) is 6.84. The van der Waals surface area contributed by atoms with Crippen LogP contribution in [0.3, 0.4) is 0 Å². The molecule has 1 atom stereocenters. The first-order valence-corrected chi connectivity index (χ1v) is 9.73. The summed E-state index contributed by atoms with van der Waals surface area (Å²) in [6, 6.07) is 1.74. The van der Waals surface area contributed by atoms with E-state index in [1.54, 1.807) is 11.4 Å². The first-order valence-electron chi connectivity index (χ1n) is 7.36. The van der Waals surface area contributed by atoms with Crippen LogP contribution in [-0.4, -0.2) is 14.5 Å². The third kappa shape index (κ3) is 3.81. The summed E-state index contributed by atoms with van der Waals surface area (Å²) >= 11 is 1.40. The molecule has 0 amide bonds. The standard InChI is InChI=1S/C14H24N2O2S2/c1-2-14(11-6-4-3-5-7-11)16-20(17,18)13-8-12(9-15)19-10-13/h8,10-11,14,16H,2-7,9,15H2,1H3. The molecule has 1 fully saturated rings. The molecule has 0 aromatic carbocycles. The predicted molar refractivity (Wildman–Crippen MR) is 83.2 cm³/mol. The van der Waals surface area contributed by atoms with E-state index in [4.69, 9.17) is 5.73 Å². The second-order valence-electron chi connectivity index (χ2n) is 5.49. The lowest BCUT2D eigenvalue weighted by Gasteiger charge is -2.29. The zero-order valence-electron chi connectivity index (χ0n) is 12.0. The van der Waals surface area contributed by atoms with Gasteiger partial charge in [0.05, 0.1) is 4.90 Å². The molecule has 6 heteroatoms. The maximum Gasteiger partial charge on any atom is 0.241 e. The Morgan fingerprint density at radius 2 is 2.10 bits per heavy atom. The van der Waals surface area contributed by atoms with Crippen LogP contribution in [0.1, 0.15) is 50.3 Å². The molecule has 20 heavy (non-hydrogen) atoms. The van der Waals surface area contributed by atoms with Gasteiger partial charge in [0.25, 0.3) is 0 Å². The molecule has 0 saturated heterocycles. The molecule has 3 N–H and O–H groups in total. The molecule has 1 saturated carbocycles. The second-order valence-corrected chi connectivity index (χ2v) is 8.20. The fourth-order valence-corrected chi connectivity index (χ4v) is 5.47. The van der Waals surface area contributed by atoms with Gasteiger partial charge in [-0.1, -0.05) is 26.2 Å². The fraction of sp³-hybridized carbons (Fsp3) is 0.714. The van der Waals surface area contributed by atoms with E-state index < -0.39 is 10.0 Å². The van der Waals surface area contributed by atoms with E-state index in [9.17, 15) is 8.42 Å². The lowest BCUT2D eigenvalue weighted by molar-refractivity contribution is 0.285. The Morgan fingerprint density at radius 3 is 2.65 bits per heavy atom. The monoisotopic (exact) mass is 316 g/mol. The molecular formula is C14H24N2O2S2. The highest BCUT2D eigenvalue weighted by atomic mass is 32.2. The average Bonchev–Trinajstić information content (AvgIpc) is 2.95. The van der Waals surface area contributed by atoms with E-state index in [0.717, 1.165) is 24.1 Å². The van der Waals surface area contributed by atoms with E-state index in [0.29, 0.717) is 17.4 Å². The molecule has 1 heterocycles. The van der Waals surface area contributed by atoms with Gasteiger partial charge in [-0.05, 0) is 31.2 Å². The third-order valence-corrected chi connectivity index (χ3v) is 6.68. The molecule has 0 radical (unpaired) electrons. The number of nitrogens with two attached hydrogens (primary N) is 1. The van der Waals surface area contributed by atoms with Gasteiger partial charge >= 0.3 is 0 Å². The molecule has 1 aliphatic rings. The van der Waals surface area contributed by atoms with Gasteiger partial charge in [0.1, 0.15) is 0 Å². The Labute approximate surface area is 125 Å². The molecule has 114 valence electrons. The number of hydrogen-bond acceptors (Lipinski definition) is 4. The van der Waals surface area contributed by atoms with Crippen LogP contribution < -0.4 is 10.5 Å². The first kappa shape index (κ1) is 15.9. The Morgan fingerprint density at radius 1 is 1.40 bits per heavy atom. The minimum atomic E-state index is -3.41. The fourth-order valence-electron chi connectivity index (χ4n) is 2.93. The number of sulfonamides is 1. The molecule has 1 aromatic heterocycles. The number of thiophene rings is 1. The summed E-state index contributed by atoms with van der Waals surface area (Å²) in [5.74, 6) is 0.483. The molecule has 1 aromatic rings. The molecule has 2 rings (SSSR count). The van der Waals surface area contributed by atoms with Crippen LogP contribution in [0.4, 0.5) is 0 Å². The van der Waals surface area contributed by atoms with Gasteiger partial charge in [-0.25, -0.2) is 13.1 Å². The minimum absolute atomic E-state index is 0.0570. The Balaban J connectivity index is 2.08. The number of hydrogen-bond donors (Lipinski definition) is 2. The van der Waals surface area contributed by atoms with Crippen LogP contribution in [-0.2, 0) is 16.6 Å². The van der Waals surface area contributed by atoms with E-state index in [1.807, 2.05) is 0 Å². The van der Waals surface area contributed by atoms with E-state index in [2.05, 4.69) is 11.6 Å². The van der Waals surface area contributed by atoms with Crippen molar-refractivity contribution >= 4 is 21.4 Å². The van der Waals surface area contributed by atoms with Gasteiger partial charge in [0, 0.05) is 22.8 Å².